The normalized spacial score (nSPS) is 25.4. The fourth-order valence-corrected chi connectivity index (χ4v) is 3.51. The summed E-state index contributed by atoms with van der Waals surface area (Å²) in [5.41, 5.74) is 5.92. The van der Waals surface area contributed by atoms with Gasteiger partial charge in [0.2, 0.25) is 0 Å². The molecule has 3 rings (SSSR count). The van der Waals surface area contributed by atoms with E-state index in [0.29, 0.717) is 4.43 Å². The number of nitrogens with zero attached hydrogens (tertiary/aromatic N) is 4. The molecule has 12 heteroatoms. The lowest BCUT2D eigenvalue weighted by atomic mass is 10.1. The second-order valence-corrected chi connectivity index (χ2v) is 6.45. The number of imidazole rings is 1. The molecular weight excluding hydrogens is 464 g/mol. The molecule has 0 spiro atoms. The molecule has 0 bridgehead atoms. The van der Waals surface area contributed by atoms with Crippen molar-refractivity contribution in [1.29, 1.82) is 0 Å². The van der Waals surface area contributed by atoms with E-state index in [1.165, 1.54) is 24.7 Å². The van der Waals surface area contributed by atoms with Gasteiger partial charge in [0.25, 0.3) is 0 Å². The minimum atomic E-state index is -1.03. The van der Waals surface area contributed by atoms with E-state index in [0.717, 1.165) is 0 Å². The van der Waals surface area contributed by atoms with E-state index in [4.69, 9.17) is 19.9 Å². The van der Waals surface area contributed by atoms with Crippen molar-refractivity contribution in [3.05, 3.63) is 12.4 Å². The summed E-state index contributed by atoms with van der Waals surface area (Å²) in [6.45, 7) is 2.48. The molecule has 0 amide bonds. The zero-order valence-corrected chi connectivity index (χ0v) is 15.9. The highest BCUT2D eigenvalue weighted by atomic mass is 127. The Morgan fingerprint density at radius 2 is 1.96 bits per heavy atom. The smallest absolute Gasteiger partial charge is 0.312 e. The van der Waals surface area contributed by atoms with Crippen LogP contribution in [0.2, 0.25) is 0 Å². The van der Waals surface area contributed by atoms with E-state index >= 15 is 0 Å². The van der Waals surface area contributed by atoms with Crippen LogP contribution in [0.5, 0.6) is 0 Å². The molecule has 2 N–H and O–H groups in total. The van der Waals surface area contributed by atoms with Crippen LogP contribution in [-0.4, -0.2) is 54.2 Å². The number of nitrogens with two attached hydrogens (primary N) is 1. The number of aromatic nitrogens is 4. The fraction of sp³-hybridized carbons (Fsp3) is 0.500. The highest BCUT2D eigenvalue weighted by Gasteiger charge is 2.50. The number of alkyl halides is 1. The molecule has 1 aliphatic rings. The maximum absolute atomic E-state index is 13.6. The number of rotatable bonds is 4. The van der Waals surface area contributed by atoms with Crippen LogP contribution >= 0.6 is 22.6 Å². The van der Waals surface area contributed by atoms with Crippen LogP contribution in [0, 0.1) is 6.08 Å². The van der Waals surface area contributed by atoms with Gasteiger partial charge in [-0.1, -0.05) is 22.6 Å². The molecule has 1 aliphatic heterocycles. The number of carbonyl (C=O) groups is 2. The average molecular weight is 479 g/mol. The molecular formula is C14H15FIN5O5. The first-order chi connectivity index (χ1) is 12.3. The Morgan fingerprint density at radius 1 is 1.31 bits per heavy atom. The summed E-state index contributed by atoms with van der Waals surface area (Å²) < 4.78 is 32.0. The second kappa shape index (κ2) is 7.26. The molecule has 2 aromatic heterocycles. The minimum absolute atomic E-state index is 0.0767. The highest BCUT2D eigenvalue weighted by Crippen LogP contribution is 2.36. The Labute approximate surface area is 160 Å². The molecule has 10 nitrogen and oxygen atoms in total. The largest absolute Gasteiger partial charge is 0.456 e. The van der Waals surface area contributed by atoms with Gasteiger partial charge in [-0.15, -0.1) is 0 Å². The van der Waals surface area contributed by atoms with E-state index in [1.807, 2.05) is 0 Å². The predicted molar refractivity (Wildman–Crippen MR) is 93.6 cm³/mol. The quantitative estimate of drug-likeness (QED) is 0.292. The molecule has 1 saturated heterocycles. The summed E-state index contributed by atoms with van der Waals surface area (Å²) in [7, 11) is 0. The molecule has 1 fully saturated rings. The lowest BCUT2D eigenvalue weighted by molar-refractivity contribution is -0.165. The zero-order chi connectivity index (χ0) is 19.0. The fourth-order valence-electron chi connectivity index (χ4n) is 2.80. The number of ether oxygens (including phenoxy) is 3. The third-order valence-electron chi connectivity index (χ3n) is 3.74. The van der Waals surface area contributed by atoms with Gasteiger partial charge in [-0.05, 0) is 0 Å². The molecule has 0 unspecified atom stereocenters. The van der Waals surface area contributed by atoms with Crippen LogP contribution in [0.3, 0.4) is 0 Å². The van der Waals surface area contributed by atoms with Crippen molar-refractivity contribution in [2.24, 2.45) is 0 Å². The van der Waals surface area contributed by atoms with Crippen molar-refractivity contribution in [2.75, 3.05) is 10.2 Å². The van der Waals surface area contributed by atoms with Crippen LogP contribution in [0.1, 0.15) is 20.1 Å². The predicted octanol–water partition coefficient (Wildman–Crippen LogP) is 0.743. The Bertz CT molecular complexity index is 862. The van der Waals surface area contributed by atoms with Gasteiger partial charge < -0.3 is 19.9 Å². The third kappa shape index (κ3) is 3.42. The van der Waals surface area contributed by atoms with Gasteiger partial charge in [0.1, 0.15) is 6.10 Å². The topological polar surface area (TPSA) is 131 Å². The van der Waals surface area contributed by atoms with Gasteiger partial charge in [0.05, 0.1) is 6.33 Å². The van der Waals surface area contributed by atoms with Gasteiger partial charge in [0.15, 0.2) is 35.4 Å². The third-order valence-corrected chi connectivity index (χ3v) is 4.61. The summed E-state index contributed by atoms with van der Waals surface area (Å²) in [5, 5.41) is 0. The molecule has 4 atom stereocenters. The summed E-state index contributed by atoms with van der Waals surface area (Å²) in [4.78, 5) is 34.2. The summed E-state index contributed by atoms with van der Waals surface area (Å²) >= 11 is 2.06. The van der Waals surface area contributed by atoms with Crippen molar-refractivity contribution in [2.45, 2.75) is 38.4 Å². The second-order valence-electron chi connectivity index (χ2n) is 5.57. The van der Waals surface area contributed by atoms with E-state index in [9.17, 15) is 14.0 Å². The lowest BCUT2D eigenvalue weighted by Gasteiger charge is -2.23. The van der Waals surface area contributed by atoms with Crippen molar-refractivity contribution < 1.29 is 28.2 Å². The van der Waals surface area contributed by atoms with E-state index in [2.05, 4.69) is 37.5 Å². The van der Waals surface area contributed by atoms with Crippen LogP contribution < -0.4 is 5.73 Å². The maximum Gasteiger partial charge on any atom is 0.312 e. The molecule has 0 radical (unpaired) electrons. The van der Waals surface area contributed by atoms with Crippen molar-refractivity contribution >= 4 is 51.5 Å². The summed E-state index contributed by atoms with van der Waals surface area (Å²) in [6, 6.07) is 0. The first kappa shape index (κ1) is 18.7. The first-order valence-corrected chi connectivity index (χ1v) is 9.05. The number of anilines is 1. The number of hydrogen-bond donors (Lipinski definition) is 1. The standard InChI is InChI=1S/C14H15FIN5O5/c1-5(22)24-9-7(3-16)26-13(10(9)25-6(2)23)21-4-18-8-11(17)19-14(15)20-12(8)21/h4,7,9-10,13H,3H2,1-2H3,(H2,17,19,20)/t7-,9-,10-,13-/m1/s1. The van der Waals surface area contributed by atoms with E-state index < -0.39 is 42.6 Å². The lowest BCUT2D eigenvalue weighted by Crippen LogP contribution is -2.39. The summed E-state index contributed by atoms with van der Waals surface area (Å²) in [5.74, 6) is -1.26. The molecule has 2 aromatic rings. The number of nitrogen functional groups attached to an aromatic ring is 1. The van der Waals surface area contributed by atoms with Crippen molar-refractivity contribution in [3.63, 3.8) is 0 Å². The Hall–Kier alpha value is -2.09. The number of halogens is 2. The highest BCUT2D eigenvalue weighted by molar-refractivity contribution is 14.1. The number of fused-ring (bicyclic) bond motifs is 1. The van der Waals surface area contributed by atoms with Crippen LogP contribution in [0.15, 0.2) is 6.33 Å². The Balaban J connectivity index is 2.07. The molecule has 0 aromatic carbocycles. The number of esters is 2. The Morgan fingerprint density at radius 3 is 2.58 bits per heavy atom. The average Bonchev–Trinajstić information content (AvgIpc) is 3.09. The van der Waals surface area contributed by atoms with Crippen molar-refractivity contribution in [1.82, 2.24) is 19.5 Å². The van der Waals surface area contributed by atoms with E-state index in [1.54, 1.807) is 0 Å². The maximum atomic E-state index is 13.6. The zero-order valence-electron chi connectivity index (χ0n) is 13.8. The van der Waals surface area contributed by atoms with Crippen LogP contribution in [0.4, 0.5) is 10.2 Å². The SMILES string of the molecule is CC(=O)O[C@@H]1[C@H](OC(C)=O)[C@@H](CI)O[C@H]1n1cnc2c(N)nc(F)nc21. The van der Waals surface area contributed by atoms with Crippen LogP contribution in [-0.2, 0) is 23.8 Å². The number of hydrogen-bond acceptors (Lipinski definition) is 9. The number of carbonyl (C=O) groups excluding carboxylic acids is 2. The first-order valence-electron chi connectivity index (χ1n) is 7.53. The molecule has 140 valence electrons. The molecule has 26 heavy (non-hydrogen) atoms. The van der Waals surface area contributed by atoms with Gasteiger partial charge in [0, 0.05) is 18.3 Å². The van der Waals surface area contributed by atoms with Crippen molar-refractivity contribution in [3.8, 4) is 0 Å². The van der Waals surface area contributed by atoms with Gasteiger partial charge in [-0.3, -0.25) is 14.2 Å². The summed E-state index contributed by atoms with van der Waals surface area (Å²) in [6.07, 6.45) is -2.97. The Kier molecular flexibility index (Phi) is 5.22. The molecule has 3 heterocycles. The van der Waals surface area contributed by atoms with E-state index in [-0.39, 0.29) is 17.0 Å². The van der Waals surface area contributed by atoms with Gasteiger partial charge in [-0.25, -0.2) is 4.98 Å². The monoisotopic (exact) mass is 479 g/mol. The molecule has 0 aliphatic carbocycles. The molecule has 0 saturated carbocycles. The van der Waals surface area contributed by atoms with Gasteiger partial charge >= 0.3 is 18.0 Å². The van der Waals surface area contributed by atoms with Crippen LogP contribution in [0.25, 0.3) is 11.2 Å². The minimum Gasteiger partial charge on any atom is -0.456 e. The van der Waals surface area contributed by atoms with Gasteiger partial charge in [-0.2, -0.15) is 14.4 Å².